The van der Waals surface area contributed by atoms with E-state index in [1.54, 1.807) is 6.92 Å². The lowest BCUT2D eigenvalue weighted by atomic mass is 9.80. The number of ketones is 1. The maximum atomic E-state index is 11.2. The summed E-state index contributed by atoms with van der Waals surface area (Å²) < 4.78 is 0. The summed E-state index contributed by atoms with van der Waals surface area (Å²) in [5.41, 5.74) is 1.06. The lowest BCUT2D eigenvalue weighted by Gasteiger charge is -2.42. The van der Waals surface area contributed by atoms with Crippen LogP contribution < -0.4 is 0 Å². The van der Waals surface area contributed by atoms with Gasteiger partial charge >= 0.3 is 0 Å². The van der Waals surface area contributed by atoms with Gasteiger partial charge in [0.15, 0.2) is 5.78 Å². The number of Topliss-reactive ketones (excluding diaryl/α,β-unsaturated/α-hetero) is 1. The molecule has 66 valence electrons. The van der Waals surface area contributed by atoms with Crippen molar-refractivity contribution in [3.8, 4) is 0 Å². The second kappa shape index (κ2) is 2.70. The van der Waals surface area contributed by atoms with Crippen molar-refractivity contribution >= 4 is 5.78 Å². The van der Waals surface area contributed by atoms with E-state index >= 15 is 0 Å². The maximum Gasteiger partial charge on any atom is 0.157 e. The van der Waals surface area contributed by atoms with E-state index in [0.29, 0.717) is 12.0 Å². The number of likely N-dealkylation sites (N-methyl/N-ethyl adjacent to an activating group) is 1. The molecule has 1 saturated heterocycles. The number of hydrogen-bond donors (Lipinski definition) is 0. The molecular weight excluding hydrogens is 150 g/mol. The van der Waals surface area contributed by atoms with Crippen molar-refractivity contribution in [3.63, 3.8) is 0 Å². The van der Waals surface area contributed by atoms with E-state index in [1.165, 1.54) is 12.8 Å². The van der Waals surface area contributed by atoms with Crippen LogP contribution in [0.3, 0.4) is 0 Å². The number of rotatable bonds is 1. The molecule has 0 spiro atoms. The first-order valence-corrected chi connectivity index (χ1v) is 4.61. The topological polar surface area (TPSA) is 20.3 Å². The fraction of sp³-hybridized carbons (Fsp3) is 0.700. The first kappa shape index (κ1) is 7.99. The Balaban J connectivity index is 2.30. The van der Waals surface area contributed by atoms with Gasteiger partial charge in [0.1, 0.15) is 0 Å². The molecule has 2 heteroatoms. The summed E-state index contributed by atoms with van der Waals surface area (Å²) in [5, 5.41) is 0. The average molecular weight is 165 g/mol. The second-order valence-electron chi connectivity index (χ2n) is 3.97. The molecule has 0 radical (unpaired) electrons. The van der Waals surface area contributed by atoms with E-state index in [0.717, 1.165) is 12.1 Å². The van der Waals surface area contributed by atoms with Crippen LogP contribution in [0.5, 0.6) is 0 Å². The molecule has 0 aromatic carbocycles. The van der Waals surface area contributed by atoms with Gasteiger partial charge in [-0.1, -0.05) is 6.08 Å². The molecular formula is C10H15NO. The SMILES string of the molecule is CC(=O)C1=C[C@H]2CC[C@@H]1N(C)C2. The van der Waals surface area contributed by atoms with Crippen molar-refractivity contribution < 1.29 is 4.79 Å². The third kappa shape index (κ3) is 1.11. The standard InChI is InChI=1S/C10H15NO/c1-7(12)9-5-8-3-4-10(9)11(2)6-8/h5,8,10H,3-4,6H2,1-2H3/t8-,10+/m1/s1. The van der Waals surface area contributed by atoms with Crippen LogP contribution >= 0.6 is 0 Å². The summed E-state index contributed by atoms with van der Waals surface area (Å²) in [4.78, 5) is 13.5. The number of carbonyl (C=O) groups excluding carboxylic acids is 1. The molecule has 1 aliphatic carbocycles. The van der Waals surface area contributed by atoms with Gasteiger partial charge < -0.3 is 0 Å². The number of nitrogens with zero attached hydrogens (tertiary/aromatic N) is 1. The highest BCUT2D eigenvalue weighted by atomic mass is 16.1. The van der Waals surface area contributed by atoms with Crippen LogP contribution in [-0.4, -0.2) is 30.3 Å². The third-order valence-corrected chi connectivity index (χ3v) is 3.05. The fourth-order valence-corrected chi connectivity index (χ4v) is 2.43. The van der Waals surface area contributed by atoms with Gasteiger partial charge in [-0.05, 0) is 32.7 Å². The summed E-state index contributed by atoms with van der Waals surface area (Å²) in [6, 6.07) is 0.424. The van der Waals surface area contributed by atoms with Gasteiger partial charge in [-0.15, -0.1) is 0 Å². The molecule has 2 heterocycles. The highest BCUT2D eigenvalue weighted by Crippen LogP contribution is 2.33. The molecule has 0 aromatic heterocycles. The van der Waals surface area contributed by atoms with Crippen molar-refractivity contribution in [1.29, 1.82) is 0 Å². The molecule has 1 fully saturated rings. The van der Waals surface area contributed by atoms with Crippen molar-refractivity contribution in [2.75, 3.05) is 13.6 Å². The smallest absolute Gasteiger partial charge is 0.157 e. The Morgan fingerprint density at radius 2 is 2.33 bits per heavy atom. The van der Waals surface area contributed by atoms with Gasteiger partial charge in [0.2, 0.25) is 0 Å². The number of piperidine rings is 1. The second-order valence-corrected chi connectivity index (χ2v) is 3.97. The van der Waals surface area contributed by atoms with Crippen LogP contribution in [0.25, 0.3) is 0 Å². The van der Waals surface area contributed by atoms with E-state index in [4.69, 9.17) is 0 Å². The zero-order valence-electron chi connectivity index (χ0n) is 7.71. The lowest BCUT2D eigenvalue weighted by molar-refractivity contribution is -0.114. The van der Waals surface area contributed by atoms with Crippen molar-refractivity contribution in [2.45, 2.75) is 25.8 Å². The van der Waals surface area contributed by atoms with E-state index in [2.05, 4.69) is 18.0 Å². The van der Waals surface area contributed by atoms with Crippen LogP contribution in [0, 0.1) is 5.92 Å². The predicted octanol–water partition coefficient (Wildman–Crippen LogP) is 1.23. The van der Waals surface area contributed by atoms with E-state index in [1.807, 2.05) is 0 Å². The Hall–Kier alpha value is -0.630. The Kier molecular flexibility index (Phi) is 1.80. The van der Waals surface area contributed by atoms with E-state index in [-0.39, 0.29) is 5.78 Å². The third-order valence-electron chi connectivity index (χ3n) is 3.05. The Morgan fingerprint density at radius 3 is 2.75 bits per heavy atom. The molecule has 2 nitrogen and oxygen atoms in total. The molecule has 2 bridgehead atoms. The zero-order chi connectivity index (χ0) is 8.72. The first-order chi connectivity index (χ1) is 5.68. The summed E-state index contributed by atoms with van der Waals surface area (Å²) in [7, 11) is 2.12. The molecule has 3 rings (SSSR count). The quantitative estimate of drug-likeness (QED) is 0.582. The Bertz CT molecular complexity index is 244. The lowest BCUT2D eigenvalue weighted by Crippen LogP contribution is -2.46. The molecule has 0 saturated carbocycles. The summed E-state index contributed by atoms with van der Waals surface area (Å²) >= 11 is 0. The summed E-state index contributed by atoms with van der Waals surface area (Å²) in [6.45, 7) is 2.82. The van der Waals surface area contributed by atoms with Crippen LogP contribution in [-0.2, 0) is 4.79 Å². The van der Waals surface area contributed by atoms with Gasteiger partial charge in [0, 0.05) is 18.2 Å². The largest absolute Gasteiger partial charge is 0.299 e. The number of hydrogen-bond acceptors (Lipinski definition) is 2. The van der Waals surface area contributed by atoms with Gasteiger partial charge in [-0.2, -0.15) is 0 Å². The number of carbonyl (C=O) groups is 1. The van der Waals surface area contributed by atoms with Crippen LogP contribution in [0.15, 0.2) is 11.6 Å². The predicted molar refractivity (Wildman–Crippen MR) is 47.9 cm³/mol. The maximum absolute atomic E-state index is 11.2. The molecule has 0 amide bonds. The molecule has 0 aromatic rings. The molecule has 2 aliphatic heterocycles. The Labute approximate surface area is 73.2 Å². The average Bonchev–Trinajstić information content (AvgIpc) is 2.04. The van der Waals surface area contributed by atoms with E-state index in [9.17, 15) is 4.79 Å². The van der Waals surface area contributed by atoms with Crippen LogP contribution in [0.1, 0.15) is 19.8 Å². The molecule has 12 heavy (non-hydrogen) atoms. The van der Waals surface area contributed by atoms with E-state index < -0.39 is 0 Å². The molecule has 2 atom stereocenters. The highest BCUT2D eigenvalue weighted by molar-refractivity contribution is 5.94. The highest BCUT2D eigenvalue weighted by Gasteiger charge is 2.34. The van der Waals surface area contributed by atoms with Crippen molar-refractivity contribution in [2.24, 2.45) is 5.92 Å². The Morgan fingerprint density at radius 1 is 1.58 bits per heavy atom. The minimum Gasteiger partial charge on any atom is -0.299 e. The minimum absolute atomic E-state index is 0.260. The zero-order valence-corrected chi connectivity index (χ0v) is 7.71. The van der Waals surface area contributed by atoms with Crippen molar-refractivity contribution in [1.82, 2.24) is 4.90 Å². The summed E-state index contributed by atoms with van der Waals surface area (Å²) in [6.07, 6.45) is 4.63. The van der Waals surface area contributed by atoms with Crippen LogP contribution in [0.2, 0.25) is 0 Å². The van der Waals surface area contributed by atoms with Gasteiger partial charge in [0.05, 0.1) is 0 Å². The van der Waals surface area contributed by atoms with Gasteiger partial charge in [-0.25, -0.2) is 0 Å². The monoisotopic (exact) mass is 165 g/mol. The van der Waals surface area contributed by atoms with Gasteiger partial charge in [-0.3, -0.25) is 9.69 Å². The molecule has 3 aliphatic rings. The van der Waals surface area contributed by atoms with Crippen LogP contribution in [0.4, 0.5) is 0 Å². The minimum atomic E-state index is 0.260. The summed E-state index contributed by atoms with van der Waals surface area (Å²) in [5.74, 6) is 0.898. The number of fused-ring (bicyclic) bond motifs is 2. The molecule has 0 unspecified atom stereocenters. The van der Waals surface area contributed by atoms with Gasteiger partial charge in [0.25, 0.3) is 0 Å². The molecule has 0 N–H and O–H groups in total. The normalized spacial score (nSPS) is 35.0. The fourth-order valence-electron chi connectivity index (χ4n) is 2.43. The van der Waals surface area contributed by atoms with Crippen molar-refractivity contribution in [3.05, 3.63) is 11.6 Å². The first-order valence-electron chi connectivity index (χ1n) is 4.61.